The summed E-state index contributed by atoms with van der Waals surface area (Å²) in [4.78, 5) is 16.2. The Labute approximate surface area is 106 Å². The fraction of sp³-hybridized carbons (Fsp3) is 0.583. The van der Waals surface area contributed by atoms with Crippen molar-refractivity contribution in [1.82, 2.24) is 19.9 Å². The van der Waals surface area contributed by atoms with Gasteiger partial charge in [-0.2, -0.15) is 9.97 Å². The maximum absolute atomic E-state index is 4.53. The van der Waals surface area contributed by atoms with Crippen molar-refractivity contribution in [1.29, 1.82) is 0 Å². The van der Waals surface area contributed by atoms with Crippen LogP contribution in [0.25, 0.3) is 11.2 Å². The first-order valence-electron chi connectivity index (χ1n) is 6.43. The number of nitrogens with zero attached hydrogens (tertiary/aromatic N) is 3. The molecule has 0 unspecified atom stereocenters. The number of hydrogen-bond acceptors (Lipinski definition) is 5. The number of H-pyrrole nitrogens is 1. The van der Waals surface area contributed by atoms with Crippen molar-refractivity contribution in [2.75, 3.05) is 17.2 Å². The van der Waals surface area contributed by atoms with Gasteiger partial charge in [-0.1, -0.05) is 6.92 Å². The van der Waals surface area contributed by atoms with Crippen molar-refractivity contribution in [3.63, 3.8) is 0 Å². The van der Waals surface area contributed by atoms with Gasteiger partial charge in [-0.25, -0.2) is 4.98 Å². The maximum Gasteiger partial charge on any atom is 0.226 e. The average molecular weight is 246 g/mol. The topological polar surface area (TPSA) is 78.5 Å². The summed E-state index contributed by atoms with van der Waals surface area (Å²) in [6.45, 7) is 5.19. The molecule has 2 aromatic rings. The van der Waals surface area contributed by atoms with Crippen LogP contribution >= 0.6 is 0 Å². The van der Waals surface area contributed by atoms with Gasteiger partial charge in [0.05, 0.1) is 6.33 Å². The molecule has 1 saturated carbocycles. The van der Waals surface area contributed by atoms with E-state index < -0.39 is 0 Å². The van der Waals surface area contributed by atoms with Crippen LogP contribution in [0.2, 0.25) is 0 Å². The Morgan fingerprint density at radius 3 is 2.94 bits per heavy atom. The standard InChI is InChI=1S/C12H18N6/c1-3-6-13-11-16-9-8(14-7-15-9)10(17-11)18-12(2)4-5-12/h7H,3-6H2,1-2H3,(H3,13,14,15,16,17,18). The molecule has 2 heterocycles. The minimum absolute atomic E-state index is 0.189. The average Bonchev–Trinajstić information content (AvgIpc) is 2.90. The summed E-state index contributed by atoms with van der Waals surface area (Å²) in [5.74, 6) is 1.49. The van der Waals surface area contributed by atoms with E-state index in [4.69, 9.17) is 0 Å². The monoisotopic (exact) mass is 246 g/mol. The number of hydrogen-bond donors (Lipinski definition) is 3. The molecule has 0 bridgehead atoms. The summed E-state index contributed by atoms with van der Waals surface area (Å²) >= 11 is 0. The third kappa shape index (κ3) is 2.10. The molecule has 18 heavy (non-hydrogen) atoms. The molecule has 1 aliphatic carbocycles. The molecule has 96 valence electrons. The smallest absolute Gasteiger partial charge is 0.226 e. The minimum atomic E-state index is 0.189. The van der Waals surface area contributed by atoms with Crippen LogP contribution in [0, 0.1) is 0 Å². The predicted octanol–water partition coefficient (Wildman–Crippen LogP) is 2.14. The normalized spacial score (nSPS) is 16.8. The fourth-order valence-corrected chi connectivity index (χ4v) is 1.84. The lowest BCUT2D eigenvalue weighted by molar-refractivity contribution is 0.821. The van der Waals surface area contributed by atoms with E-state index in [2.05, 4.69) is 44.4 Å². The second-order valence-corrected chi connectivity index (χ2v) is 5.11. The van der Waals surface area contributed by atoms with E-state index >= 15 is 0 Å². The van der Waals surface area contributed by atoms with Crippen LogP contribution in [0.3, 0.4) is 0 Å². The van der Waals surface area contributed by atoms with E-state index in [0.717, 1.165) is 24.3 Å². The molecule has 3 rings (SSSR count). The van der Waals surface area contributed by atoms with Crippen molar-refractivity contribution in [2.24, 2.45) is 0 Å². The van der Waals surface area contributed by atoms with E-state index in [9.17, 15) is 0 Å². The molecule has 0 spiro atoms. The lowest BCUT2D eigenvalue weighted by Gasteiger charge is -2.13. The molecule has 0 atom stereocenters. The molecule has 0 radical (unpaired) electrons. The Kier molecular flexibility index (Phi) is 2.57. The Morgan fingerprint density at radius 2 is 2.22 bits per heavy atom. The van der Waals surface area contributed by atoms with Crippen LogP contribution in [0.15, 0.2) is 6.33 Å². The first kappa shape index (κ1) is 11.3. The van der Waals surface area contributed by atoms with Crippen LogP contribution in [0.1, 0.15) is 33.1 Å². The number of rotatable bonds is 5. The van der Waals surface area contributed by atoms with Gasteiger partial charge in [-0.15, -0.1) is 0 Å². The van der Waals surface area contributed by atoms with Crippen LogP contribution in [-0.4, -0.2) is 32.0 Å². The molecule has 0 aliphatic heterocycles. The fourth-order valence-electron chi connectivity index (χ4n) is 1.84. The Hall–Kier alpha value is -1.85. The van der Waals surface area contributed by atoms with Gasteiger partial charge >= 0.3 is 0 Å². The Morgan fingerprint density at radius 1 is 1.39 bits per heavy atom. The van der Waals surface area contributed by atoms with Crippen molar-refractivity contribution in [3.8, 4) is 0 Å². The van der Waals surface area contributed by atoms with Gasteiger partial charge in [0.2, 0.25) is 5.95 Å². The van der Waals surface area contributed by atoms with E-state index in [-0.39, 0.29) is 5.54 Å². The molecule has 0 saturated heterocycles. The van der Waals surface area contributed by atoms with E-state index in [1.165, 1.54) is 12.8 Å². The van der Waals surface area contributed by atoms with Crippen LogP contribution in [-0.2, 0) is 0 Å². The molecular formula is C12H18N6. The summed E-state index contributed by atoms with van der Waals surface area (Å²) in [6.07, 6.45) is 5.07. The van der Waals surface area contributed by atoms with E-state index in [1.807, 2.05) is 0 Å². The molecule has 6 nitrogen and oxygen atoms in total. The van der Waals surface area contributed by atoms with Crippen molar-refractivity contribution in [2.45, 2.75) is 38.6 Å². The summed E-state index contributed by atoms with van der Waals surface area (Å²) in [5, 5.41) is 6.68. The Bertz CT molecular complexity index is 557. The van der Waals surface area contributed by atoms with Crippen LogP contribution in [0.5, 0.6) is 0 Å². The van der Waals surface area contributed by atoms with Crippen LogP contribution < -0.4 is 10.6 Å². The lowest BCUT2D eigenvalue weighted by Crippen LogP contribution is -2.18. The van der Waals surface area contributed by atoms with Crippen molar-refractivity contribution in [3.05, 3.63) is 6.33 Å². The van der Waals surface area contributed by atoms with Crippen LogP contribution in [0.4, 0.5) is 11.8 Å². The SMILES string of the molecule is CCCNc1nc(NC2(C)CC2)c2[nH]cnc2n1. The number of imidazole rings is 1. The predicted molar refractivity (Wildman–Crippen MR) is 71.7 cm³/mol. The van der Waals surface area contributed by atoms with E-state index in [0.29, 0.717) is 11.6 Å². The number of fused-ring (bicyclic) bond motifs is 1. The highest BCUT2D eigenvalue weighted by atomic mass is 15.2. The molecule has 0 amide bonds. The zero-order valence-electron chi connectivity index (χ0n) is 10.7. The zero-order valence-corrected chi connectivity index (χ0v) is 10.7. The zero-order chi connectivity index (χ0) is 12.6. The third-order valence-corrected chi connectivity index (χ3v) is 3.24. The Balaban J connectivity index is 1.95. The van der Waals surface area contributed by atoms with Gasteiger partial charge in [0, 0.05) is 12.1 Å². The quantitative estimate of drug-likeness (QED) is 0.753. The number of anilines is 2. The second kappa shape index (κ2) is 4.12. The molecule has 2 aromatic heterocycles. The molecule has 3 N–H and O–H groups in total. The summed E-state index contributed by atoms with van der Waals surface area (Å²) < 4.78 is 0. The van der Waals surface area contributed by atoms with Gasteiger partial charge in [-0.05, 0) is 26.2 Å². The van der Waals surface area contributed by atoms with Gasteiger partial charge < -0.3 is 15.6 Å². The van der Waals surface area contributed by atoms with Crippen molar-refractivity contribution < 1.29 is 0 Å². The summed E-state index contributed by atoms with van der Waals surface area (Å²) in [6, 6.07) is 0. The second-order valence-electron chi connectivity index (χ2n) is 5.11. The summed E-state index contributed by atoms with van der Waals surface area (Å²) in [7, 11) is 0. The molecule has 0 aromatic carbocycles. The molecule has 6 heteroatoms. The molecule has 1 fully saturated rings. The highest BCUT2D eigenvalue weighted by molar-refractivity contribution is 5.84. The number of aromatic nitrogens is 4. The third-order valence-electron chi connectivity index (χ3n) is 3.24. The van der Waals surface area contributed by atoms with Gasteiger partial charge in [0.15, 0.2) is 11.5 Å². The lowest BCUT2D eigenvalue weighted by atomic mass is 10.3. The highest BCUT2D eigenvalue weighted by Crippen LogP contribution is 2.38. The number of nitrogens with one attached hydrogen (secondary N) is 3. The highest BCUT2D eigenvalue weighted by Gasteiger charge is 2.38. The minimum Gasteiger partial charge on any atom is -0.363 e. The summed E-state index contributed by atoms with van der Waals surface area (Å²) in [5.41, 5.74) is 1.77. The maximum atomic E-state index is 4.53. The van der Waals surface area contributed by atoms with Gasteiger partial charge in [0.25, 0.3) is 0 Å². The van der Waals surface area contributed by atoms with Gasteiger partial charge in [0.1, 0.15) is 5.52 Å². The molecule has 1 aliphatic rings. The van der Waals surface area contributed by atoms with Gasteiger partial charge in [-0.3, -0.25) is 0 Å². The van der Waals surface area contributed by atoms with Crippen molar-refractivity contribution >= 4 is 22.9 Å². The largest absolute Gasteiger partial charge is 0.363 e. The first-order valence-corrected chi connectivity index (χ1v) is 6.43. The number of aromatic amines is 1. The first-order chi connectivity index (χ1) is 8.70. The molecular weight excluding hydrogens is 228 g/mol. The van der Waals surface area contributed by atoms with E-state index in [1.54, 1.807) is 6.33 Å².